The lowest BCUT2D eigenvalue weighted by molar-refractivity contribution is -0.120. The molecule has 101 valence electrons. The summed E-state index contributed by atoms with van der Waals surface area (Å²) in [5.41, 5.74) is 4.76. The first-order chi connectivity index (χ1) is 8.37. The van der Waals surface area contributed by atoms with Crippen LogP contribution in [0.4, 0.5) is 8.78 Å². The number of carbonyl (C=O) groups excluding carboxylic acids is 2. The number of nitrogens with zero attached hydrogens (tertiary/aromatic N) is 1. The molecule has 0 aromatic heterocycles. The van der Waals surface area contributed by atoms with Crippen LogP contribution in [0.1, 0.15) is 32.1 Å². The zero-order chi connectivity index (χ0) is 14.0. The maximum Gasteiger partial charge on any atom is 0.249 e. The Morgan fingerprint density at radius 1 is 1.44 bits per heavy atom. The Hall–Kier alpha value is -1.71. The van der Waals surface area contributed by atoms with Crippen molar-refractivity contribution in [2.75, 3.05) is 6.54 Å². The van der Waals surface area contributed by atoms with Crippen molar-refractivity contribution in [3.8, 4) is 6.07 Å². The standard InChI is InChI=1S/C11H16F2N3O2/c12-11(13,5-3-9(15)17)6-4-10(18)16-8-2-1-7-14/h4H,1-3,5-6,8H2,(H2,15,17)(H,16,18). The van der Waals surface area contributed by atoms with Gasteiger partial charge in [-0.3, -0.25) is 9.59 Å². The molecule has 0 aromatic rings. The minimum atomic E-state index is -3.11. The lowest BCUT2D eigenvalue weighted by Crippen LogP contribution is -2.28. The summed E-state index contributed by atoms with van der Waals surface area (Å²) in [6.45, 7) is 0.274. The van der Waals surface area contributed by atoms with Crippen LogP contribution in [0.5, 0.6) is 0 Å². The summed E-state index contributed by atoms with van der Waals surface area (Å²) in [5.74, 6) is -4.51. The van der Waals surface area contributed by atoms with E-state index in [4.69, 9.17) is 11.0 Å². The summed E-state index contributed by atoms with van der Waals surface area (Å²) in [6, 6.07) is 1.90. The van der Waals surface area contributed by atoms with E-state index in [0.717, 1.165) is 6.42 Å². The van der Waals surface area contributed by atoms with Gasteiger partial charge >= 0.3 is 0 Å². The predicted molar refractivity (Wildman–Crippen MR) is 60.1 cm³/mol. The summed E-state index contributed by atoms with van der Waals surface area (Å²) < 4.78 is 26.3. The second kappa shape index (κ2) is 8.39. The molecule has 3 N–H and O–H groups in total. The molecule has 0 saturated heterocycles. The van der Waals surface area contributed by atoms with Crippen LogP contribution in [0.3, 0.4) is 0 Å². The molecule has 0 spiro atoms. The molecule has 0 aliphatic carbocycles. The number of nitriles is 1. The Kier molecular flexibility index (Phi) is 7.59. The summed E-state index contributed by atoms with van der Waals surface area (Å²) in [4.78, 5) is 21.5. The van der Waals surface area contributed by atoms with E-state index in [1.807, 2.05) is 6.07 Å². The first-order valence-electron chi connectivity index (χ1n) is 5.51. The molecule has 0 fully saturated rings. The maximum absolute atomic E-state index is 13.1. The molecular weight excluding hydrogens is 244 g/mol. The van der Waals surface area contributed by atoms with E-state index in [9.17, 15) is 18.4 Å². The van der Waals surface area contributed by atoms with Crippen LogP contribution in [0.25, 0.3) is 0 Å². The smallest absolute Gasteiger partial charge is 0.249 e. The fourth-order valence-corrected chi connectivity index (χ4v) is 1.10. The fourth-order valence-electron chi connectivity index (χ4n) is 1.10. The SMILES string of the molecule is N#CCCCNC(=O)[CH]CC(F)(F)CCC(N)=O. The second-order valence-electron chi connectivity index (χ2n) is 3.78. The highest BCUT2D eigenvalue weighted by molar-refractivity contribution is 5.84. The maximum atomic E-state index is 13.1. The highest BCUT2D eigenvalue weighted by Gasteiger charge is 2.29. The van der Waals surface area contributed by atoms with E-state index in [-0.39, 0.29) is 6.54 Å². The molecule has 0 unspecified atom stereocenters. The van der Waals surface area contributed by atoms with Gasteiger partial charge in [-0.1, -0.05) is 0 Å². The van der Waals surface area contributed by atoms with Gasteiger partial charge in [-0.05, 0) is 6.42 Å². The number of halogens is 2. The number of nitrogens with two attached hydrogens (primary N) is 1. The Balaban J connectivity index is 3.75. The third kappa shape index (κ3) is 9.51. The van der Waals surface area contributed by atoms with Crippen molar-refractivity contribution in [2.45, 2.75) is 38.0 Å². The molecule has 0 heterocycles. The lowest BCUT2D eigenvalue weighted by atomic mass is 10.1. The number of unbranched alkanes of at least 4 members (excludes halogenated alkanes) is 1. The molecule has 7 heteroatoms. The Labute approximate surface area is 104 Å². The first kappa shape index (κ1) is 16.3. The third-order valence-corrected chi connectivity index (χ3v) is 2.09. The number of hydrogen-bond donors (Lipinski definition) is 2. The Bertz CT molecular complexity index is 327. The molecule has 0 aromatic carbocycles. The zero-order valence-electron chi connectivity index (χ0n) is 9.92. The van der Waals surface area contributed by atoms with Gasteiger partial charge in [0.25, 0.3) is 0 Å². The van der Waals surface area contributed by atoms with Crippen LogP contribution in [0.15, 0.2) is 0 Å². The van der Waals surface area contributed by atoms with Gasteiger partial charge < -0.3 is 11.1 Å². The number of rotatable bonds is 9. The van der Waals surface area contributed by atoms with Gasteiger partial charge in [0.15, 0.2) is 0 Å². The van der Waals surface area contributed by atoms with Crippen LogP contribution in [0, 0.1) is 17.8 Å². The lowest BCUT2D eigenvalue weighted by Gasteiger charge is -2.14. The minimum absolute atomic E-state index is 0.274. The number of primary amides is 1. The van der Waals surface area contributed by atoms with Crippen molar-refractivity contribution in [2.24, 2.45) is 5.73 Å². The van der Waals surface area contributed by atoms with Gasteiger partial charge in [-0.25, -0.2) is 8.78 Å². The molecule has 0 aliphatic heterocycles. The van der Waals surface area contributed by atoms with Crippen LogP contribution < -0.4 is 11.1 Å². The molecule has 2 amide bonds. The normalized spacial score (nSPS) is 10.7. The third-order valence-electron chi connectivity index (χ3n) is 2.09. The van der Waals surface area contributed by atoms with Crippen molar-refractivity contribution in [1.82, 2.24) is 5.32 Å². The molecule has 0 rings (SSSR count). The zero-order valence-corrected chi connectivity index (χ0v) is 9.92. The number of amides is 2. The molecule has 0 aliphatic rings. The summed E-state index contributed by atoms with van der Waals surface area (Å²) >= 11 is 0. The van der Waals surface area contributed by atoms with Gasteiger partial charge in [-0.2, -0.15) is 5.26 Å². The Morgan fingerprint density at radius 3 is 2.67 bits per heavy atom. The average molecular weight is 260 g/mol. The fraction of sp³-hybridized carbons (Fsp3) is 0.636. The van der Waals surface area contributed by atoms with Gasteiger partial charge in [0.2, 0.25) is 17.7 Å². The predicted octanol–water partition coefficient (Wildman–Crippen LogP) is 0.902. The monoisotopic (exact) mass is 260 g/mol. The van der Waals surface area contributed by atoms with Gasteiger partial charge in [-0.15, -0.1) is 0 Å². The Morgan fingerprint density at radius 2 is 2.11 bits per heavy atom. The van der Waals surface area contributed by atoms with Gasteiger partial charge in [0, 0.05) is 32.2 Å². The number of alkyl halides is 2. The van der Waals surface area contributed by atoms with Crippen molar-refractivity contribution < 1.29 is 18.4 Å². The van der Waals surface area contributed by atoms with Crippen molar-refractivity contribution in [3.05, 3.63) is 6.42 Å². The number of nitrogens with one attached hydrogen (secondary N) is 1. The van der Waals surface area contributed by atoms with E-state index in [1.165, 1.54) is 0 Å². The van der Waals surface area contributed by atoms with Crippen LogP contribution in [-0.2, 0) is 9.59 Å². The van der Waals surface area contributed by atoms with Crippen LogP contribution in [-0.4, -0.2) is 24.3 Å². The molecule has 0 saturated carbocycles. The number of hydrogen-bond acceptors (Lipinski definition) is 3. The van der Waals surface area contributed by atoms with E-state index in [1.54, 1.807) is 0 Å². The summed E-state index contributed by atoms with van der Waals surface area (Å²) in [6.07, 6.45) is -0.188. The molecule has 1 radical (unpaired) electrons. The van der Waals surface area contributed by atoms with Crippen molar-refractivity contribution in [3.63, 3.8) is 0 Å². The van der Waals surface area contributed by atoms with Crippen molar-refractivity contribution >= 4 is 11.8 Å². The molecule has 0 atom stereocenters. The van der Waals surface area contributed by atoms with Gasteiger partial charge in [0.05, 0.1) is 12.5 Å². The highest BCUT2D eigenvalue weighted by atomic mass is 19.3. The second-order valence-corrected chi connectivity index (χ2v) is 3.78. The van der Waals surface area contributed by atoms with Crippen LogP contribution in [0.2, 0.25) is 0 Å². The van der Waals surface area contributed by atoms with Gasteiger partial charge in [0.1, 0.15) is 0 Å². The van der Waals surface area contributed by atoms with E-state index in [2.05, 4.69) is 5.32 Å². The van der Waals surface area contributed by atoms with Crippen LogP contribution >= 0.6 is 0 Å². The topological polar surface area (TPSA) is 96.0 Å². The first-order valence-corrected chi connectivity index (χ1v) is 5.51. The summed E-state index contributed by atoms with van der Waals surface area (Å²) in [5, 5.41) is 10.6. The number of carbonyl (C=O) groups is 2. The van der Waals surface area contributed by atoms with E-state index < -0.39 is 37.0 Å². The quantitative estimate of drug-likeness (QED) is 0.603. The summed E-state index contributed by atoms with van der Waals surface area (Å²) in [7, 11) is 0. The molecule has 18 heavy (non-hydrogen) atoms. The largest absolute Gasteiger partial charge is 0.370 e. The average Bonchev–Trinajstić information content (AvgIpc) is 2.30. The van der Waals surface area contributed by atoms with E-state index in [0.29, 0.717) is 12.8 Å². The molecule has 0 bridgehead atoms. The minimum Gasteiger partial charge on any atom is -0.370 e. The molecule has 5 nitrogen and oxygen atoms in total. The molecular formula is C11H16F2N3O2. The highest BCUT2D eigenvalue weighted by Crippen LogP contribution is 2.25. The van der Waals surface area contributed by atoms with Crippen molar-refractivity contribution in [1.29, 1.82) is 5.26 Å². The van der Waals surface area contributed by atoms with E-state index >= 15 is 0 Å².